The smallest absolute Gasteiger partial charge is 0.339 e. The Morgan fingerprint density at radius 2 is 2.25 bits per heavy atom. The van der Waals surface area contributed by atoms with Gasteiger partial charge in [0.25, 0.3) is 0 Å². The highest BCUT2D eigenvalue weighted by atomic mass is 35.5. The van der Waals surface area contributed by atoms with Crippen LogP contribution in [0.15, 0.2) is 18.3 Å². The molecule has 5 heteroatoms. The van der Waals surface area contributed by atoms with Gasteiger partial charge in [0, 0.05) is 12.7 Å². The second kappa shape index (κ2) is 6.45. The lowest BCUT2D eigenvalue weighted by Crippen LogP contribution is -2.16. The molecule has 1 aromatic rings. The first-order valence-electron chi connectivity index (χ1n) is 5.03. The molecule has 0 aliphatic rings. The minimum Gasteiger partial charge on any atom is -0.462 e. The van der Waals surface area contributed by atoms with Crippen LogP contribution in [0.3, 0.4) is 0 Å². The highest BCUT2D eigenvalue weighted by Gasteiger charge is 2.06. The van der Waals surface area contributed by atoms with E-state index in [0.717, 1.165) is 13.0 Å². The monoisotopic (exact) mass is 242 g/mol. The van der Waals surface area contributed by atoms with E-state index >= 15 is 0 Å². The standard InChI is InChI=1S/C11H15ClN2O2/c1-14(2)6-3-7-16-11(15)9-4-5-10(12)13-8-9/h4-5,8H,3,6-7H2,1-2H3. The Morgan fingerprint density at radius 1 is 1.50 bits per heavy atom. The summed E-state index contributed by atoms with van der Waals surface area (Å²) in [5.41, 5.74) is 0.425. The van der Waals surface area contributed by atoms with Crippen LogP contribution in [-0.2, 0) is 4.74 Å². The molecule has 0 fully saturated rings. The molecule has 0 saturated heterocycles. The summed E-state index contributed by atoms with van der Waals surface area (Å²) in [7, 11) is 3.95. The molecule has 4 nitrogen and oxygen atoms in total. The predicted molar refractivity (Wildman–Crippen MR) is 62.7 cm³/mol. The van der Waals surface area contributed by atoms with Crippen molar-refractivity contribution in [3.05, 3.63) is 29.0 Å². The zero-order valence-electron chi connectivity index (χ0n) is 9.44. The van der Waals surface area contributed by atoms with Crippen molar-refractivity contribution in [2.45, 2.75) is 6.42 Å². The molecule has 0 N–H and O–H groups in total. The van der Waals surface area contributed by atoms with Crippen molar-refractivity contribution in [2.24, 2.45) is 0 Å². The third kappa shape index (κ3) is 4.59. The van der Waals surface area contributed by atoms with Crippen LogP contribution >= 0.6 is 11.6 Å². The quantitative estimate of drug-likeness (QED) is 0.449. The van der Waals surface area contributed by atoms with E-state index in [2.05, 4.69) is 4.98 Å². The molecular formula is C11H15ClN2O2. The van der Waals surface area contributed by atoms with E-state index in [4.69, 9.17) is 16.3 Å². The maximum absolute atomic E-state index is 11.5. The highest BCUT2D eigenvalue weighted by molar-refractivity contribution is 6.29. The fourth-order valence-electron chi connectivity index (χ4n) is 1.13. The molecule has 0 unspecified atom stereocenters. The van der Waals surface area contributed by atoms with Crippen LogP contribution in [0, 0.1) is 0 Å². The lowest BCUT2D eigenvalue weighted by Gasteiger charge is -2.09. The van der Waals surface area contributed by atoms with Gasteiger partial charge < -0.3 is 9.64 Å². The molecule has 1 rings (SSSR count). The van der Waals surface area contributed by atoms with Crippen LogP contribution in [0.1, 0.15) is 16.8 Å². The number of hydrogen-bond acceptors (Lipinski definition) is 4. The van der Waals surface area contributed by atoms with Gasteiger partial charge in [-0.2, -0.15) is 0 Å². The molecule has 0 radical (unpaired) electrons. The van der Waals surface area contributed by atoms with Crippen LogP contribution in [0.5, 0.6) is 0 Å². The zero-order valence-corrected chi connectivity index (χ0v) is 10.2. The Bertz CT molecular complexity index is 338. The normalized spacial score (nSPS) is 10.5. The number of halogens is 1. The first kappa shape index (κ1) is 12.9. The number of ether oxygens (including phenoxy) is 1. The third-order valence-corrected chi connectivity index (χ3v) is 2.17. The number of rotatable bonds is 5. The summed E-state index contributed by atoms with van der Waals surface area (Å²) in [6, 6.07) is 3.17. The van der Waals surface area contributed by atoms with Gasteiger partial charge in [-0.05, 0) is 32.6 Å². The summed E-state index contributed by atoms with van der Waals surface area (Å²) in [5, 5.41) is 0.365. The van der Waals surface area contributed by atoms with Crippen molar-refractivity contribution < 1.29 is 9.53 Å². The Kier molecular flexibility index (Phi) is 5.22. The van der Waals surface area contributed by atoms with Gasteiger partial charge >= 0.3 is 5.97 Å². The zero-order chi connectivity index (χ0) is 12.0. The average Bonchev–Trinajstić information content (AvgIpc) is 2.25. The molecule has 0 amide bonds. The minimum atomic E-state index is -0.358. The molecule has 88 valence electrons. The van der Waals surface area contributed by atoms with Crippen molar-refractivity contribution >= 4 is 17.6 Å². The molecule has 0 aliphatic heterocycles. The maximum Gasteiger partial charge on any atom is 0.339 e. The molecule has 0 atom stereocenters. The van der Waals surface area contributed by atoms with Crippen molar-refractivity contribution in [3.63, 3.8) is 0 Å². The van der Waals surface area contributed by atoms with E-state index in [1.54, 1.807) is 12.1 Å². The Hall–Kier alpha value is -1.13. The van der Waals surface area contributed by atoms with Gasteiger partial charge in [0.2, 0.25) is 0 Å². The van der Waals surface area contributed by atoms with E-state index in [9.17, 15) is 4.79 Å². The van der Waals surface area contributed by atoms with Crippen LogP contribution in [0.2, 0.25) is 5.15 Å². The number of aromatic nitrogens is 1. The number of esters is 1. The number of carbonyl (C=O) groups is 1. The van der Waals surface area contributed by atoms with Gasteiger partial charge in [0.05, 0.1) is 12.2 Å². The number of hydrogen-bond donors (Lipinski definition) is 0. The first-order valence-corrected chi connectivity index (χ1v) is 5.41. The lowest BCUT2D eigenvalue weighted by atomic mass is 10.3. The van der Waals surface area contributed by atoms with Crippen molar-refractivity contribution in [3.8, 4) is 0 Å². The second-order valence-corrected chi connectivity index (χ2v) is 4.05. The summed E-state index contributed by atoms with van der Waals surface area (Å²) >= 11 is 5.61. The summed E-state index contributed by atoms with van der Waals surface area (Å²) in [4.78, 5) is 17.3. The molecule has 0 spiro atoms. The maximum atomic E-state index is 11.5. The summed E-state index contributed by atoms with van der Waals surface area (Å²) in [6.07, 6.45) is 2.23. The topological polar surface area (TPSA) is 42.4 Å². The summed E-state index contributed by atoms with van der Waals surface area (Å²) < 4.78 is 5.07. The lowest BCUT2D eigenvalue weighted by molar-refractivity contribution is 0.0493. The fourth-order valence-corrected chi connectivity index (χ4v) is 1.24. The predicted octanol–water partition coefficient (Wildman–Crippen LogP) is 1.84. The molecule has 1 heterocycles. The van der Waals surface area contributed by atoms with Gasteiger partial charge in [-0.25, -0.2) is 9.78 Å². The first-order chi connectivity index (χ1) is 7.59. The van der Waals surface area contributed by atoms with Crippen molar-refractivity contribution in [1.82, 2.24) is 9.88 Å². The average molecular weight is 243 g/mol. The van der Waals surface area contributed by atoms with Gasteiger partial charge in [-0.3, -0.25) is 0 Å². The number of nitrogens with zero attached hydrogens (tertiary/aromatic N) is 2. The van der Waals surface area contributed by atoms with Gasteiger partial charge in [0.15, 0.2) is 0 Å². The second-order valence-electron chi connectivity index (χ2n) is 3.66. The Labute approximate surface area is 100 Å². The van der Waals surface area contributed by atoms with Crippen LogP contribution in [0.25, 0.3) is 0 Å². The number of pyridine rings is 1. The molecule has 0 aromatic carbocycles. The Morgan fingerprint density at radius 3 is 2.81 bits per heavy atom. The highest BCUT2D eigenvalue weighted by Crippen LogP contribution is 2.06. The third-order valence-electron chi connectivity index (χ3n) is 1.95. The van der Waals surface area contributed by atoms with Crippen LogP contribution in [0.4, 0.5) is 0 Å². The molecule has 16 heavy (non-hydrogen) atoms. The molecule has 0 aliphatic carbocycles. The van der Waals surface area contributed by atoms with Crippen molar-refractivity contribution in [1.29, 1.82) is 0 Å². The minimum absolute atomic E-state index is 0.358. The summed E-state index contributed by atoms with van der Waals surface area (Å²) in [6.45, 7) is 1.31. The van der Waals surface area contributed by atoms with Gasteiger partial charge in [-0.15, -0.1) is 0 Å². The molecular weight excluding hydrogens is 228 g/mol. The van der Waals surface area contributed by atoms with E-state index in [0.29, 0.717) is 17.3 Å². The Balaban J connectivity index is 2.32. The molecule has 1 aromatic heterocycles. The van der Waals surface area contributed by atoms with Gasteiger partial charge in [0.1, 0.15) is 5.15 Å². The van der Waals surface area contributed by atoms with Crippen LogP contribution in [-0.4, -0.2) is 43.1 Å². The summed E-state index contributed by atoms with van der Waals surface area (Å²) in [5.74, 6) is -0.358. The van der Waals surface area contributed by atoms with Crippen LogP contribution < -0.4 is 0 Å². The fraction of sp³-hybridized carbons (Fsp3) is 0.455. The molecule has 0 bridgehead atoms. The largest absolute Gasteiger partial charge is 0.462 e. The van der Waals surface area contributed by atoms with E-state index in [-0.39, 0.29) is 5.97 Å². The van der Waals surface area contributed by atoms with Gasteiger partial charge in [-0.1, -0.05) is 11.6 Å². The SMILES string of the molecule is CN(C)CCCOC(=O)c1ccc(Cl)nc1. The number of carbonyl (C=O) groups excluding carboxylic acids is 1. The van der Waals surface area contributed by atoms with Crippen molar-refractivity contribution in [2.75, 3.05) is 27.2 Å². The van der Waals surface area contributed by atoms with E-state index < -0.39 is 0 Å². The van der Waals surface area contributed by atoms with E-state index in [1.807, 2.05) is 19.0 Å². The molecule has 0 saturated carbocycles. The van der Waals surface area contributed by atoms with E-state index in [1.165, 1.54) is 6.20 Å².